The van der Waals surface area contributed by atoms with Gasteiger partial charge in [-0.25, -0.2) is 0 Å². The van der Waals surface area contributed by atoms with Crippen LogP contribution in [0, 0.1) is 0 Å². The first-order valence-corrected chi connectivity index (χ1v) is 7.14. The van der Waals surface area contributed by atoms with Gasteiger partial charge in [0.1, 0.15) is 0 Å². The van der Waals surface area contributed by atoms with E-state index < -0.39 is 0 Å². The molecule has 0 heterocycles. The summed E-state index contributed by atoms with van der Waals surface area (Å²) in [6.07, 6.45) is 0. The molecule has 4 heteroatoms. The highest BCUT2D eigenvalue weighted by Gasteiger charge is 2.04. The van der Waals surface area contributed by atoms with Crippen LogP contribution in [0.25, 0.3) is 0 Å². The third kappa shape index (κ3) is 4.97. The van der Waals surface area contributed by atoms with Gasteiger partial charge in [0.2, 0.25) is 0 Å². The average molecular weight is 223 g/mol. The fourth-order valence-electron chi connectivity index (χ4n) is 1.49. The Morgan fingerprint density at radius 3 is 2.20 bits per heavy atom. The zero-order valence-electron chi connectivity index (χ0n) is 9.59. The predicted molar refractivity (Wildman–Crippen MR) is 69.8 cm³/mol. The number of para-hydroxylation sites is 1. The van der Waals surface area contributed by atoms with Gasteiger partial charge in [0.25, 0.3) is 0 Å². The molecule has 0 bridgehead atoms. The van der Waals surface area contributed by atoms with Gasteiger partial charge in [0, 0.05) is 5.69 Å². The first-order valence-electron chi connectivity index (χ1n) is 5.62. The zero-order chi connectivity index (χ0) is 10.9. The summed E-state index contributed by atoms with van der Waals surface area (Å²) in [7, 11) is -0.367. The Kier molecular flexibility index (Phi) is 6.07. The fraction of sp³-hybridized carbons (Fsp3) is 0.455. The Morgan fingerprint density at radius 1 is 1.07 bits per heavy atom. The van der Waals surface area contributed by atoms with Crippen LogP contribution in [0.1, 0.15) is 13.8 Å². The molecule has 0 atom stereocenters. The zero-order valence-corrected chi connectivity index (χ0v) is 11.0. The van der Waals surface area contributed by atoms with Gasteiger partial charge in [0.15, 0.2) is 9.68 Å². The largest absolute Gasteiger partial charge is 0.413 e. The van der Waals surface area contributed by atoms with E-state index in [0.717, 1.165) is 13.1 Å². The van der Waals surface area contributed by atoms with Crippen molar-refractivity contribution in [2.45, 2.75) is 19.6 Å². The Morgan fingerprint density at radius 2 is 1.67 bits per heavy atom. The van der Waals surface area contributed by atoms with E-state index in [2.05, 4.69) is 53.7 Å². The Bertz CT molecular complexity index is 247. The van der Waals surface area contributed by atoms with Crippen molar-refractivity contribution in [2.75, 3.05) is 18.1 Å². The number of rotatable bonds is 7. The van der Waals surface area contributed by atoms with E-state index >= 15 is 0 Å². The number of nitrogens with one attached hydrogen (secondary N) is 3. The monoisotopic (exact) mass is 223 g/mol. The third-order valence-electron chi connectivity index (χ3n) is 2.19. The molecule has 0 aliphatic rings. The van der Waals surface area contributed by atoms with Gasteiger partial charge in [0.05, 0.1) is 5.79 Å². The van der Waals surface area contributed by atoms with E-state index in [9.17, 15) is 0 Å². The van der Waals surface area contributed by atoms with E-state index in [1.165, 1.54) is 5.69 Å². The molecule has 0 aliphatic carbocycles. The minimum atomic E-state index is -0.367. The van der Waals surface area contributed by atoms with Crippen LogP contribution in [-0.4, -0.2) is 28.6 Å². The molecule has 84 valence electrons. The van der Waals surface area contributed by atoms with Gasteiger partial charge in [-0.2, -0.15) is 0 Å². The summed E-state index contributed by atoms with van der Waals surface area (Å²) < 4.78 is 0. The van der Waals surface area contributed by atoms with Crippen LogP contribution in [0.4, 0.5) is 5.69 Å². The average Bonchev–Trinajstić information content (AvgIpc) is 2.28. The lowest BCUT2D eigenvalue weighted by Crippen LogP contribution is -2.49. The van der Waals surface area contributed by atoms with Crippen molar-refractivity contribution in [3.05, 3.63) is 30.3 Å². The van der Waals surface area contributed by atoms with Crippen molar-refractivity contribution in [3.63, 3.8) is 0 Å². The molecule has 0 aliphatic heterocycles. The maximum absolute atomic E-state index is 3.53. The molecule has 0 saturated heterocycles. The lowest BCUT2D eigenvalue weighted by molar-refractivity contribution is 0.559. The summed E-state index contributed by atoms with van der Waals surface area (Å²) in [5.74, 6) is 0.472. The molecule has 3 nitrogen and oxygen atoms in total. The molecule has 0 unspecified atom stereocenters. The third-order valence-corrected chi connectivity index (χ3v) is 3.78. The number of hydrogen-bond acceptors (Lipinski definition) is 3. The van der Waals surface area contributed by atoms with Crippen LogP contribution >= 0.6 is 0 Å². The standard InChI is InChI=1S/C11H21N3Si/c1-3-12-11(13-4-2)15-14-10-8-6-5-7-9-10/h5-9,11-14H,3-4,15H2,1-2H3. The molecule has 1 aromatic carbocycles. The highest BCUT2D eigenvalue weighted by Crippen LogP contribution is 2.03. The van der Waals surface area contributed by atoms with E-state index in [0.29, 0.717) is 5.79 Å². The van der Waals surface area contributed by atoms with Crippen molar-refractivity contribution in [2.24, 2.45) is 0 Å². The van der Waals surface area contributed by atoms with Gasteiger partial charge in [-0.05, 0) is 25.2 Å². The highest BCUT2D eigenvalue weighted by atomic mass is 28.2. The summed E-state index contributed by atoms with van der Waals surface area (Å²) >= 11 is 0. The van der Waals surface area contributed by atoms with Crippen LogP contribution in [0.5, 0.6) is 0 Å². The smallest absolute Gasteiger partial charge is 0.154 e. The Balaban J connectivity index is 2.33. The predicted octanol–water partition coefficient (Wildman–Crippen LogP) is 0.685. The first-order chi connectivity index (χ1) is 7.36. The maximum atomic E-state index is 3.53. The van der Waals surface area contributed by atoms with Crippen molar-refractivity contribution in [1.29, 1.82) is 0 Å². The Hall–Kier alpha value is -0.843. The molecular formula is C11H21N3Si. The molecule has 0 saturated carbocycles. The minimum absolute atomic E-state index is 0.367. The van der Waals surface area contributed by atoms with Crippen LogP contribution < -0.4 is 15.6 Å². The fourth-order valence-corrected chi connectivity index (χ4v) is 3.03. The normalized spacial score (nSPS) is 11.4. The minimum Gasteiger partial charge on any atom is -0.413 e. The topological polar surface area (TPSA) is 36.1 Å². The number of benzene rings is 1. The van der Waals surface area contributed by atoms with E-state index in [4.69, 9.17) is 0 Å². The molecule has 1 rings (SSSR count). The van der Waals surface area contributed by atoms with Gasteiger partial charge in [-0.1, -0.05) is 32.0 Å². The summed E-state index contributed by atoms with van der Waals surface area (Å²) in [6, 6.07) is 10.4. The number of hydrogen-bond donors (Lipinski definition) is 3. The van der Waals surface area contributed by atoms with Gasteiger partial charge < -0.3 is 15.6 Å². The van der Waals surface area contributed by atoms with Crippen molar-refractivity contribution in [1.82, 2.24) is 10.6 Å². The van der Waals surface area contributed by atoms with Gasteiger partial charge >= 0.3 is 0 Å². The van der Waals surface area contributed by atoms with Crippen molar-refractivity contribution in [3.8, 4) is 0 Å². The highest BCUT2D eigenvalue weighted by molar-refractivity contribution is 6.42. The van der Waals surface area contributed by atoms with E-state index in [1.807, 2.05) is 6.07 Å². The maximum Gasteiger partial charge on any atom is 0.154 e. The van der Waals surface area contributed by atoms with Crippen molar-refractivity contribution < 1.29 is 0 Å². The van der Waals surface area contributed by atoms with Gasteiger partial charge in [-0.15, -0.1) is 0 Å². The quantitative estimate of drug-likeness (QED) is 0.470. The first kappa shape index (κ1) is 12.2. The van der Waals surface area contributed by atoms with Crippen LogP contribution in [0.2, 0.25) is 0 Å². The van der Waals surface area contributed by atoms with Gasteiger partial charge in [-0.3, -0.25) is 0 Å². The number of anilines is 1. The summed E-state index contributed by atoms with van der Waals surface area (Å²) in [5.41, 5.74) is 1.23. The molecule has 0 spiro atoms. The molecule has 0 aromatic heterocycles. The van der Waals surface area contributed by atoms with E-state index in [1.54, 1.807) is 0 Å². The second-order valence-electron chi connectivity index (χ2n) is 3.41. The van der Waals surface area contributed by atoms with Crippen molar-refractivity contribution >= 4 is 15.4 Å². The van der Waals surface area contributed by atoms with E-state index in [-0.39, 0.29) is 9.68 Å². The lowest BCUT2D eigenvalue weighted by Gasteiger charge is -2.19. The van der Waals surface area contributed by atoms with Crippen LogP contribution in [0.15, 0.2) is 30.3 Å². The van der Waals surface area contributed by atoms with Crippen LogP contribution in [0.3, 0.4) is 0 Å². The summed E-state index contributed by atoms with van der Waals surface area (Å²) in [5, 5.41) is 6.88. The SMILES string of the molecule is CCNC(NCC)[SiH2]Nc1ccccc1. The molecule has 0 amide bonds. The molecule has 0 radical (unpaired) electrons. The second kappa shape index (κ2) is 7.45. The molecular weight excluding hydrogens is 202 g/mol. The molecule has 1 aromatic rings. The summed E-state index contributed by atoms with van der Waals surface area (Å²) in [6.45, 7) is 6.31. The molecule has 0 fully saturated rings. The molecule has 15 heavy (non-hydrogen) atoms. The van der Waals surface area contributed by atoms with Crippen LogP contribution in [-0.2, 0) is 0 Å². The molecule has 3 N–H and O–H groups in total. The second-order valence-corrected chi connectivity index (χ2v) is 4.99. The summed E-state index contributed by atoms with van der Waals surface area (Å²) in [4.78, 5) is 3.53. The lowest BCUT2D eigenvalue weighted by atomic mass is 10.3. The Labute approximate surface area is 94.6 Å².